The first-order valence-electron chi connectivity index (χ1n) is 7.08. The van der Waals surface area contributed by atoms with Crippen LogP contribution in [0.1, 0.15) is 11.7 Å². The summed E-state index contributed by atoms with van der Waals surface area (Å²) in [5, 5.41) is 19.1. The first kappa shape index (κ1) is 16.9. The Morgan fingerprint density at radius 3 is 2.87 bits per heavy atom. The van der Waals surface area contributed by atoms with E-state index in [0.717, 1.165) is 0 Å². The van der Waals surface area contributed by atoms with Gasteiger partial charge in [0.15, 0.2) is 0 Å². The number of benzene rings is 1. The van der Waals surface area contributed by atoms with Crippen LogP contribution in [0.5, 0.6) is 0 Å². The number of amides is 2. The van der Waals surface area contributed by atoms with Crippen molar-refractivity contribution in [3.63, 3.8) is 0 Å². The predicted octanol–water partition coefficient (Wildman–Crippen LogP) is 1.52. The molecule has 2 amide bonds. The zero-order chi connectivity index (χ0) is 16.7. The van der Waals surface area contributed by atoms with Gasteiger partial charge in [0.2, 0.25) is 0 Å². The number of hydrogen-bond acceptors (Lipinski definition) is 4. The van der Waals surface area contributed by atoms with E-state index < -0.39 is 12.1 Å². The number of nitrogens with zero attached hydrogens (tertiary/aromatic N) is 2. The highest BCUT2D eigenvalue weighted by atomic mass is 19.1. The molecule has 0 saturated heterocycles. The zero-order valence-electron chi connectivity index (χ0n) is 12.7. The van der Waals surface area contributed by atoms with Crippen LogP contribution in [0.2, 0.25) is 0 Å². The summed E-state index contributed by atoms with van der Waals surface area (Å²) < 4.78 is 19.4. The summed E-state index contributed by atoms with van der Waals surface area (Å²) in [6.07, 6.45) is 2.28. The normalized spacial score (nSPS) is 12.0. The smallest absolute Gasteiger partial charge is 0.319 e. The highest BCUT2D eigenvalue weighted by Crippen LogP contribution is 2.12. The van der Waals surface area contributed by atoms with E-state index in [-0.39, 0.29) is 12.4 Å². The Balaban J connectivity index is 1.78. The second kappa shape index (κ2) is 8.25. The second-order valence-electron chi connectivity index (χ2n) is 4.89. The monoisotopic (exact) mass is 322 g/mol. The lowest BCUT2D eigenvalue weighted by Crippen LogP contribution is -2.32. The molecular weight excluding hydrogens is 303 g/mol. The van der Waals surface area contributed by atoms with Crippen LogP contribution in [0.15, 0.2) is 36.7 Å². The van der Waals surface area contributed by atoms with Crippen LogP contribution in [-0.4, -0.2) is 41.2 Å². The van der Waals surface area contributed by atoms with Gasteiger partial charge >= 0.3 is 6.03 Å². The molecule has 0 fully saturated rings. The molecule has 2 rings (SSSR count). The van der Waals surface area contributed by atoms with Gasteiger partial charge in [-0.15, -0.1) is 0 Å². The summed E-state index contributed by atoms with van der Waals surface area (Å²) in [6, 6.07) is 5.00. The summed E-state index contributed by atoms with van der Waals surface area (Å²) in [4.78, 5) is 11.8. The molecule has 1 aromatic carbocycles. The molecule has 0 aliphatic carbocycles. The van der Waals surface area contributed by atoms with Gasteiger partial charge in [0.1, 0.15) is 5.82 Å². The molecule has 0 aliphatic rings. The van der Waals surface area contributed by atoms with Gasteiger partial charge in [-0.1, -0.05) is 12.1 Å². The number of methoxy groups -OCH3 is 1. The Morgan fingerprint density at radius 2 is 2.17 bits per heavy atom. The van der Waals surface area contributed by atoms with Gasteiger partial charge in [0, 0.05) is 19.9 Å². The molecule has 0 aliphatic heterocycles. The standard InChI is InChI=1S/C15H19FN4O3/c1-23-7-6-20-10-13(8-18-20)19-15(22)17-9-14(21)11-2-4-12(16)5-3-11/h2-5,8,10,14,21H,6-7,9H2,1H3,(H2,17,19,22)/t14-/m0/s1. The van der Waals surface area contributed by atoms with Crippen molar-refractivity contribution >= 4 is 11.7 Å². The Labute approximate surface area is 133 Å². The number of aliphatic hydroxyl groups is 1. The minimum atomic E-state index is -0.911. The molecule has 1 atom stereocenters. The molecule has 0 radical (unpaired) electrons. The molecule has 7 nitrogen and oxygen atoms in total. The molecule has 23 heavy (non-hydrogen) atoms. The van der Waals surface area contributed by atoms with Crippen molar-refractivity contribution < 1.29 is 19.0 Å². The minimum absolute atomic E-state index is 0.00920. The van der Waals surface area contributed by atoms with Gasteiger partial charge in [-0.3, -0.25) is 4.68 Å². The molecule has 0 spiro atoms. The number of rotatable bonds is 7. The maximum atomic E-state index is 12.8. The Hall–Kier alpha value is -2.45. The van der Waals surface area contributed by atoms with Crippen molar-refractivity contribution in [2.75, 3.05) is 25.6 Å². The van der Waals surface area contributed by atoms with Gasteiger partial charge in [-0.2, -0.15) is 5.10 Å². The number of anilines is 1. The summed E-state index contributed by atoms with van der Waals surface area (Å²) >= 11 is 0. The molecular formula is C15H19FN4O3. The summed E-state index contributed by atoms with van der Waals surface area (Å²) in [5.74, 6) is -0.378. The van der Waals surface area contributed by atoms with E-state index in [0.29, 0.717) is 24.4 Å². The Bertz CT molecular complexity index is 630. The van der Waals surface area contributed by atoms with Gasteiger partial charge in [-0.05, 0) is 17.7 Å². The van der Waals surface area contributed by atoms with Crippen molar-refractivity contribution in [1.29, 1.82) is 0 Å². The highest BCUT2D eigenvalue weighted by molar-refractivity contribution is 5.88. The molecule has 3 N–H and O–H groups in total. The van der Waals surface area contributed by atoms with E-state index in [1.165, 1.54) is 30.5 Å². The van der Waals surface area contributed by atoms with Crippen LogP contribution in [0.25, 0.3) is 0 Å². The second-order valence-corrected chi connectivity index (χ2v) is 4.89. The van der Waals surface area contributed by atoms with Gasteiger partial charge in [0.05, 0.1) is 31.1 Å². The van der Waals surface area contributed by atoms with Crippen LogP contribution >= 0.6 is 0 Å². The first-order valence-corrected chi connectivity index (χ1v) is 7.08. The number of urea groups is 1. The third-order valence-electron chi connectivity index (χ3n) is 3.13. The maximum absolute atomic E-state index is 12.8. The SMILES string of the molecule is COCCn1cc(NC(=O)NC[C@H](O)c2ccc(F)cc2)cn1. The lowest BCUT2D eigenvalue weighted by molar-refractivity contribution is 0.175. The number of aromatic nitrogens is 2. The first-order chi connectivity index (χ1) is 11.1. The van der Waals surface area contributed by atoms with E-state index in [9.17, 15) is 14.3 Å². The Morgan fingerprint density at radius 1 is 1.43 bits per heavy atom. The van der Waals surface area contributed by atoms with Crippen molar-refractivity contribution in [3.05, 3.63) is 48.0 Å². The minimum Gasteiger partial charge on any atom is -0.387 e. The molecule has 0 saturated carbocycles. The van der Waals surface area contributed by atoms with Crippen LogP contribution in [0, 0.1) is 5.82 Å². The van der Waals surface area contributed by atoms with E-state index in [1.807, 2.05) is 0 Å². The Kier molecular flexibility index (Phi) is 6.07. The molecule has 0 unspecified atom stereocenters. The summed E-state index contributed by atoms with van der Waals surface area (Å²) in [7, 11) is 1.60. The molecule has 124 valence electrons. The quantitative estimate of drug-likeness (QED) is 0.721. The lowest BCUT2D eigenvalue weighted by atomic mass is 10.1. The number of ether oxygens (including phenoxy) is 1. The van der Waals surface area contributed by atoms with Crippen LogP contribution in [0.4, 0.5) is 14.9 Å². The van der Waals surface area contributed by atoms with Gasteiger partial charge < -0.3 is 20.5 Å². The maximum Gasteiger partial charge on any atom is 0.319 e. The largest absolute Gasteiger partial charge is 0.387 e. The van der Waals surface area contributed by atoms with E-state index in [2.05, 4.69) is 15.7 Å². The topological polar surface area (TPSA) is 88.4 Å². The fraction of sp³-hybridized carbons (Fsp3) is 0.333. The molecule has 1 aromatic heterocycles. The lowest BCUT2D eigenvalue weighted by Gasteiger charge is -2.12. The molecule has 8 heteroatoms. The molecule has 1 heterocycles. The number of halogens is 1. The van der Waals surface area contributed by atoms with E-state index in [4.69, 9.17) is 4.74 Å². The molecule has 2 aromatic rings. The number of carbonyl (C=O) groups is 1. The number of nitrogens with one attached hydrogen (secondary N) is 2. The number of hydrogen-bond donors (Lipinski definition) is 3. The highest BCUT2D eigenvalue weighted by Gasteiger charge is 2.10. The fourth-order valence-electron chi connectivity index (χ4n) is 1.90. The van der Waals surface area contributed by atoms with Crippen LogP contribution < -0.4 is 10.6 Å². The van der Waals surface area contributed by atoms with Crippen molar-refractivity contribution in [3.8, 4) is 0 Å². The average Bonchev–Trinajstić information content (AvgIpc) is 2.98. The summed E-state index contributed by atoms with van der Waals surface area (Å²) in [6.45, 7) is 1.12. The zero-order valence-corrected chi connectivity index (χ0v) is 12.7. The number of carbonyl (C=O) groups excluding carboxylic acids is 1. The number of aliphatic hydroxyl groups excluding tert-OH is 1. The fourth-order valence-corrected chi connectivity index (χ4v) is 1.90. The summed E-state index contributed by atoms with van der Waals surface area (Å²) in [5.41, 5.74) is 1.06. The predicted molar refractivity (Wildman–Crippen MR) is 82.5 cm³/mol. The average molecular weight is 322 g/mol. The van der Waals surface area contributed by atoms with Crippen molar-refractivity contribution in [2.24, 2.45) is 0 Å². The van der Waals surface area contributed by atoms with Crippen LogP contribution in [-0.2, 0) is 11.3 Å². The van der Waals surface area contributed by atoms with Gasteiger partial charge in [-0.25, -0.2) is 9.18 Å². The molecule has 0 bridgehead atoms. The van der Waals surface area contributed by atoms with E-state index >= 15 is 0 Å². The van der Waals surface area contributed by atoms with E-state index in [1.54, 1.807) is 18.0 Å². The van der Waals surface area contributed by atoms with Crippen LogP contribution in [0.3, 0.4) is 0 Å². The third-order valence-corrected chi connectivity index (χ3v) is 3.13. The third kappa shape index (κ3) is 5.35. The van der Waals surface area contributed by atoms with Gasteiger partial charge in [0.25, 0.3) is 0 Å². The van der Waals surface area contributed by atoms with Crippen molar-refractivity contribution in [2.45, 2.75) is 12.6 Å². The van der Waals surface area contributed by atoms with Crippen molar-refractivity contribution in [1.82, 2.24) is 15.1 Å².